The minimum atomic E-state index is -0.784. The molecule has 110 valence electrons. The summed E-state index contributed by atoms with van der Waals surface area (Å²) < 4.78 is 14.4. The predicted octanol–water partition coefficient (Wildman–Crippen LogP) is 2.21. The first-order valence-corrected chi connectivity index (χ1v) is 8.21. The molecular formula is C14H21B2N3OS. The average Bonchev–Trinajstić information content (AvgIpc) is 2.90. The Kier molecular flexibility index (Phi) is 5.88. The summed E-state index contributed by atoms with van der Waals surface area (Å²) in [5.74, 6) is 0.637. The Labute approximate surface area is 134 Å². The fourth-order valence-electron chi connectivity index (χ4n) is 2.25. The van der Waals surface area contributed by atoms with E-state index in [0.29, 0.717) is 25.5 Å². The highest BCUT2D eigenvalue weighted by Gasteiger charge is 2.28. The van der Waals surface area contributed by atoms with E-state index in [0.717, 1.165) is 17.7 Å². The molecule has 21 heavy (non-hydrogen) atoms. The molecule has 1 aromatic heterocycles. The number of ether oxygens (including phenoxy) is 1. The summed E-state index contributed by atoms with van der Waals surface area (Å²) in [7, 11) is 13.9. The molecule has 1 aliphatic heterocycles. The van der Waals surface area contributed by atoms with Crippen LogP contribution in [0, 0.1) is 0 Å². The van der Waals surface area contributed by atoms with Crippen LogP contribution in [0.1, 0.15) is 44.7 Å². The van der Waals surface area contributed by atoms with Crippen molar-refractivity contribution in [2.75, 3.05) is 20.2 Å². The molecule has 0 saturated carbocycles. The molecule has 7 heteroatoms. The van der Waals surface area contributed by atoms with Gasteiger partial charge in [-0.1, -0.05) is 32.3 Å². The molecule has 2 rings (SSSR count). The number of hydrogen-bond acceptors (Lipinski definition) is 5. The van der Waals surface area contributed by atoms with Gasteiger partial charge in [0.05, 0.1) is 34.0 Å². The molecule has 0 aromatic carbocycles. The number of rotatable bonds is 7. The number of likely N-dealkylation sites (N-methyl/N-ethyl adjacent to an activating group) is 1. The van der Waals surface area contributed by atoms with Gasteiger partial charge in [0.25, 0.3) is 5.88 Å². The van der Waals surface area contributed by atoms with Crippen LogP contribution in [0.2, 0.25) is 0 Å². The smallest absolute Gasteiger partial charge is 0.253 e. The topological polar surface area (TPSA) is 38.3 Å². The van der Waals surface area contributed by atoms with E-state index >= 15 is 0 Å². The number of aromatic nitrogens is 2. The van der Waals surface area contributed by atoms with Crippen LogP contribution in [0.5, 0.6) is 5.88 Å². The third-order valence-corrected chi connectivity index (χ3v) is 4.30. The number of nitrogens with zero attached hydrogens (tertiary/aromatic N) is 3. The lowest BCUT2D eigenvalue weighted by atomic mass is 9.57. The van der Waals surface area contributed by atoms with Crippen molar-refractivity contribution in [3.05, 3.63) is 11.8 Å². The van der Waals surface area contributed by atoms with Gasteiger partial charge in [0.15, 0.2) is 0 Å². The Morgan fingerprint density at radius 2 is 2.14 bits per heavy atom. The maximum Gasteiger partial charge on any atom is 0.253 e. The Balaban J connectivity index is 1.96. The van der Waals surface area contributed by atoms with Gasteiger partial charge in [-0.25, -0.2) is 0 Å². The molecule has 1 aliphatic rings. The van der Waals surface area contributed by atoms with E-state index in [2.05, 4.69) is 15.7 Å². The summed E-state index contributed by atoms with van der Waals surface area (Å²) in [5, 5.41) is -0.784. The van der Waals surface area contributed by atoms with Crippen molar-refractivity contribution < 1.29 is 4.74 Å². The van der Waals surface area contributed by atoms with Gasteiger partial charge in [0, 0.05) is 6.54 Å². The third-order valence-electron chi connectivity index (χ3n) is 3.79. The second-order valence-corrected chi connectivity index (χ2v) is 6.14. The lowest BCUT2D eigenvalue weighted by molar-refractivity contribution is 0.289. The maximum atomic E-state index is 6.00. The Morgan fingerprint density at radius 3 is 2.86 bits per heavy atom. The second kappa shape index (κ2) is 7.45. The molecule has 0 N–H and O–H groups in total. The molecule has 0 fully saturated rings. The third kappa shape index (κ3) is 4.33. The molecule has 4 radical (unpaired) electrons. The van der Waals surface area contributed by atoms with E-state index in [4.69, 9.17) is 20.4 Å². The zero-order valence-electron chi connectivity index (χ0n) is 12.8. The van der Waals surface area contributed by atoms with Gasteiger partial charge in [0.1, 0.15) is 5.69 Å². The van der Waals surface area contributed by atoms with E-state index in [1.54, 1.807) is 0 Å². The van der Waals surface area contributed by atoms with Crippen LogP contribution < -0.4 is 4.74 Å². The van der Waals surface area contributed by atoms with Gasteiger partial charge in [-0.3, -0.25) is 0 Å². The molecule has 0 saturated heterocycles. The molecule has 0 atom stereocenters. The van der Waals surface area contributed by atoms with Crippen molar-refractivity contribution in [2.24, 2.45) is 0 Å². The lowest BCUT2D eigenvalue weighted by Crippen LogP contribution is -2.50. The fourth-order valence-corrected chi connectivity index (χ4v) is 2.78. The van der Waals surface area contributed by atoms with Crippen LogP contribution in [0.25, 0.3) is 5.57 Å². The van der Waals surface area contributed by atoms with Crippen LogP contribution in [-0.2, 0) is 0 Å². The first kappa shape index (κ1) is 16.6. The molecule has 0 spiro atoms. The predicted molar refractivity (Wildman–Crippen MR) is 89.0 cm³/mol. The van der Waals surface area contributed by atoms with Gasteiger partial charge in [-0.15, -0.1) is 4.37 Å². The highest BCUT2D eigenvalue weighted by atomic mass is 32.1. The van der Waals surface area contributed by atoms with E-state index in [1.807, 2.05) is 18.0 Å². The fraction of sp³-hybridized carbons (Fsp3) is 0.714. The highest BCUT2D eigenvalue weighted by molar-refractivity contribution is 6.99. The van der Waals surface area contributed by atoms with Gasteiger partial charge < -0.3 is 9.64 Å². The van der Waals surface area contributed by atoms with Crippen molar-refractivity contribution in [1.82, 2.24) is 13.6 Å². The van der Waals surface area contributed by atoms with Gasteiger partial charge in [-0.05, 0) is 30.8 Å². The number of unbranched alkanes of at least 4 members (excludes halogenated alkanes) is 3. The van der Waals surface area contributed by atoms with E-state index in [-0.39, 0.29) is 0 Å². The van der Waals surface area contributed by atoms with Gasteiger partial charge in [-0.2, -0.15) is 4.37 Å². The molecular weight excluding hydrogens is 280 g/mol. The van der Waals surface area contributed by atoms with Gasteiger partial charge >= 0.3 is 0 Å². The van der Waals surface area contributed by atoms with Crippen molar-refractivity contribution in [1.29, 1.82) is 0 Å². The van der Waals surface area contributed by atoms with E-state index < -0.39 is 5.34 Å². The highest BCUT2D eigenvalue weighted by Crippen LogP contribution is 2.30. The minimum Gasteiger partial charge on any atom is -0.475 e. The average molecular weight is 301 g/mol. The largest absolute Gasteiger partial charge is 0.475 e. The minimum absolute atomic E-state index is 0.590. The van der Waals surface area contributed by atoms with E-state index in [9.17, 15) is 0 Å². The first-order chi connectivity index (χ1) is 10.0. The van der Waals surface area contributed by atoms with E-state index in [1.165, 1.54) is 31.0 Å². The number of hydrogen-bond donors (Lipinski definition) is 0. The summed E-state index contributed by atoms with van der Waals surface area (Å²) in [6.07, 6.45) is 7.35. The zero-order chi connectivity index (χ0) is 15.3. The maximum absolute atomic E-state index is 6.00. The Morgan fingerprint density at radius 1 is 1.33 bits per heavy atom. The van der Waals surface area contributed by atoms with Crippen molar-refractivity contribution >= 4 is 33.0 Å². The summed E-state index contributed by atoms with van der Waals surface area (Å²) in [5.41, 5.74) is 1.92. The van der Waals surface area contributed by atoms with Crippen molar-refractivity contribution in [3.8, 4) is 5.88 Å². The molecule has 0 bridgehead atoms. The summed E-state index contributed by atoms with van der Waals surface area (Å²) in [6, 6.07) is 0. The standard InChI is InChI=1S/C14H21B2N3OS/c1-3-4-5-6-9-20-13-12(17-21-18-13)11-7-8-14(15,16)19(2)10-11/h7H,3-6,8-10H2,1-2H3. The Bertz CT molecular complexity index is 490. The van der Waals surface area contributed by atoms with Crippen LogP contribution in [-0.4, -0.2) is 54.9 Å². The Hall–Kier alpha value is -0.810. The molecule has 4 nitrogen and oxygen atoms in total. The quantitative estimate of drug-likeness (QED) is 0.572. The van der Waals surface area contributed by atoms with Crippen LogP contribution in [0.3, 0.4) is 0 Å². The van der Waals surface area contributed by atoms with Gasteiger partial charge in [0.2, 0.25) is 0 Å². The molecule has 0 amide bonds. The van der Waals surface area contributed by atoms with Crippen molar-refractivity contribution in [3.63, 3.8) is 0 Å². The van der Waals surface area contributed by atoms with Crippen LogP contribution in [0.15, 0.2) is 6.08 Å². The van der Waals surface area contributed by atoms with Crippen LogP contribution >= 0.6 is 11.7 Å². The summed E-state index contributed by atoms with van der Waals surface area (Å²) in [4.78, 5) is 1.92. The zero-order valence-corrected chi connectivity index (χ0v) is 13.7. The molecule has 1 aromatic rings. The monoisotopic (exact) mass is 301 g/mol. The summed E-state index contributed by atoms with van der Waals surface area (Å²) >= 11 is 1.18. The lowest BCUT2D eigenvalue weighted by Gasteiger charge is -2.40. The van der Waals surface area contributed by atoms with Crippen molar-refractivity contribution in [2.45, 2.75) is 44.4 Å². The second-order valence-electron chi connectivity index (χ2n) is 5.61. The molecule has 2 heterocycles. The normalized spacial score (nSPS) is 18.5. The molecule has 0 aliphatic carbocycles. The summed E-state index contributed by atoms with van der Waals surface area (Å²) in [6.45, 7) is 3.55. The molecule has 0 unspecified atom stereocenters. The SMILES string of the molecule is [B]C1([B])CC=C(c2nsnc2OCCCCCC)CN1C. The first-order valence-electron chi connectivity index (χ1n) is 7.48. The van der Waals surface area contributed by atoms with Crippen LogP contribution in [0.4, 0.5) is 0 Å².